The van der Waals surface area contributed by atoms with E-state index >= 15 is 0 Å². The Morgan fingerprint density at radius 2 is 2.06 bits per heavy atom. The molecular weight excluding hydrogens is 228 g/mol. The molecule has 1 aromatic rings. The molecule has 4 heteroatoms. The summed E-state index contributed by atoms with van der Waals surface area (Å²) in [5, 5.41) is 3.52. The molecule has 1 aliphatic rings. The van der Waals surface area contributed by atoms with Gasteiger partial charge in [0.05, 0.1) is 24.6 Å². The Kier molecular flexibility index (Phi) is 4.81. The van der Waals surface area contributed by atoms with Gasteiger partial charge in [-0.2, -0.15) is 0 Å². The molecule has 0 spiro atoms. The molecule has 0 atom stereocenters. The molecule has 1 N–H and O–H groups in total. The smallest absolute Gasteiger partial charge is 0.213 e. The Bertz CT molecular complexity index is 345. The van der Waals surface area contributed by atoms with Gasteiger partial charge in [-0.3, -0.25) is 0 Å². The average molecular weight is 250 g/mol. The van der Waals surface area contributed by atoms with Crippen molar-refractivity contribution in [3.8, 4) is 5.88 Å². The Balaban J connectivity index is 1.82. The lowest BCUT2D eigenvalue weighted by atomic mass is 9.93. The van der Waals surface area contributed by atoms with Crippen LogP contribution in [0, 0.1) is 0 Å². The van der Waals surface area contributed by atoms with E-state index in [-0.39, 0.29) is 0 Å². The Morgan fingerprint density at radius 3 is 2.61 bits per heavy atom. The van der Waals surface area contributed by atoms with E-state index in [9.17, 15) is 0 Å². The summed E-state index contributed by atoms with van der Waals surface area (Å²) in [4.78, 5) is 4.26. The zero-order chi connectivity index (χ0) is 12.8. The molecule has 0 bridgehead atoms. The van der Waals surface area contributed by atoms with Crippen LogP contribution in [0.1, 0.15) is 32.6 Å². The monoisotopic (exact) mass is 250 g/mol. The van der Waals surface area contributed by atoms with Crippen LogP contribution in [0.5, 0.6) is 5.88 Å². The molecule has 2 rings (SSSR count). The fourth-order valence-corrected chi connectivity index (χ4v) is 2.38. The Labute approximate surface area is 109 Å². The lowest BCUT2D eigenvalue weighted by molar-refractivity contribution is 0.0682. The molecule has 1 fully saturated rings. The molecule has 0 saturated heterocycles. The van der Waals surface area contributed by atoms with Crippen molar-refractivity contribution >= 4 is 5.69 Å². The highest BCUT2D eigenvalue weighted by Crippen LogP contribution is 2.24. The number of rotatable bonds is 5. The molecule has 0 unspecified atom stereocenters. The number of ether oxygens (including phenoxy) is 2. The highest BCUT2D eigenvalue weighted by Gasteiger charge is 2.20. The fourth-order valence-electron chi connectivity index (χ4n) is 2.38. The van der Waals surface area contributed by atoms with E-state index in [0.29, 0.717) is 24.6 Å². The fraction of sp³-hybridized carbons (Fsp3) is 0.643. The predicted octanol–water partition coefficient (Wildman–Crippen LogP) is 2.85. The molecule has 0 radical (unpaired) electrons. The third-order valence-electron chi connectivity index (χ3n) is 3.41. The molecule has 0 amide bonds. The normalized spacial score (nSPS) is 23.7. The van der Waals surface area contributed by atoms with Crippen LogP contribution in [0.3, 0.4) is 0 Å². The van der Waals surface area contributed by atoms with Gasteiger partial charge in [-0.1, -0.05) is 0 Å². The van der Waals surface area contributed by atoms with Gasteiger partial charge in [-0.15, -0.1) is 0 Å². The summed E-state index contributed by atoms with van der Waals surface area (Å²) >= 11 is 0. The number of nitrogens with zero attached hydrogens (tertiary/aromatic N) is 1. The maximum atomic E-state index is 5.38. The topological polar surface area (TPSA) is 43.4 Å². The van der Waals surface area contributed by atoms with Crippen molar-refractivity contribution in [2.75, 3.05) is 19.0 Å². The lowest BCUT2D eigenvalue weighted by Crippen LogP contribution is -2.29. The average Bonchev–Trinajstić information content (AvgIpc) is 2.42. The second kappa shape index (κ2) is 6.59. The summed E-state index contributed by atoms with van der Waals surface area (Å²) < 4.78 is 10.7. The zero-order valence-corrected chi connectivity index (χ0v) is 11.2. The summed E-state index contributed by atoms with van der Waals surface area (Å²) in [5.41, 5.74) is 1.07. The third-order valence-corrected chi connectivity index (χ3v) is 3.41. The van der Waals surface area contributed by atoms with Crippen molar-refractivity contribution in [3.63, 3.8) is 0 Å². The van der Waals surface area contributed by atoms with Crippen molar-refractivity contribution in [1.29, 1.82) is 0 Å². The number of methoxy groups -OCH3 is 1. The Morgan fingerprint density at radius 1 is 1.28 bits per heavy atom. The van der Waals surface area contributed by atoms with Gasteiger partial charge in [0.1, 0.15) is 0 Å². The minimum atomic E-state index is 0.446. The van der Waals surface area contributed by atoms with Crippen LogP contribution in [0.2, 0.25) is 0 Å². The maximum Gasteiger partial charge on any atom is 0.213 e. The van der Waals surface area contributed by atoms with Crippen LogP contribution in [-0.2, 0) is 4.74 Å². The standard InChI is InChI=1S/C14H22N2O2/c1-3-18-14-9-6-12(10-15-14)16-11-4-7-13(17-2)8-5-11/h6,9-11,13,16H,3-5,7-8H2,1-2H3. The van der Waals surface area contributed by atoms with Gasteiger partial charge in [-0.25, -0.2) is 4.98 Å². The summed E-state index contributed by atoms with van der Waals surface area (Å²) in [6.07, 6.45) is 6.88. The molecule has 1 aromatic heterocycles. The first-order valence-electron chi connectivity index (χ1n) is 6.70. The second-order valence-electron chi connectivity index (χ2n) is 4.67. The minimum Gasteiger partial charge on any atom is -0.478 e. The van der Waals surface area contributed by atoms with E-state index in [2.05, 4.69) is 10.3 Å². The van der Waals surface area contributed by atoms with E-state index in [0.717, 1.165) is 31.4 Å². The zero-order valence-electron chi connectivity index (χ0n) is 11.2. The quantitative estimate of drug-likeness (QED) is 0.872. The van der Waals surface area contributed by atoms with Crippen LogP contribution in [0.25, 0.3) is 0 Å². The molecule has 18 heavy (non-hydrogen) atoms. The largest absolute Gasteiger partial charge is 0.478 e. The second-order valence-corrected chi connectivity index (χ2v) is 4.67. The molecule has 1 heterocycles. The molecule has 0 aromatic carbocycles. The van der Waals surface area contributed by atoms with E-state index < -0.39 is 0 Å². The first-order chi connectivity index (χ1) is 8.81. The van der Waals surface area contributed by atoms with E-state index in [1.165, 1.54) is 0 Å². The number of hydrogen-bond donors (Lipinski definition) is 1. The van der Waals surface area contributed by atoms with Gasteiger partial charge in [0, 0.05) is 19.2 Å². The predicted molar refractivity (Wildman–Crippen MR) is 72.1 cm³/mol. The highest BCUT2D eigenvalue weighted by atomic mass is 16.5. The van der Waals surface area contributed by atoms with E-state index in [1.807, 2.05) is 25.3 Å². The van der Waals surface area contributed by atoms with Crippen molar-refractivity contribution in [2.24, 2.45) is 0 Å². The van der Waals surface area contributed by atoms with E-state index in [1.54, 1.807) is 7.11 Å². The van der Waals surface area contributed by atoms with E-state index in [4.69, 9.17) is 9.47 Å². The minimum absolute atomic E-state index is 0.446. The number of nitrogens with one attached hydrogen (secondary N) is 1. The van der Waals surface area contributed by atoms with Gasteiger partial charge in [0.25, 0.3) is 0 Å². The molecule has 1 aliphatic carbocycles. The lowest BCUT2D eigenvalue weighted by Gasteiger charge is -2.28. The molecule has 1 saturated carbocycles. The first-order valence-corrected chi connectivity index (χ1v) is 6.70. The van der Waals surface area contributed by atoms with Crippen LogP contribution in [0.15, 0.2) is 18.3 Å². The number of hydrogen-bond acceptors (Lipinski definition) is 4. The van der Waals surface area contributed by atoms with Gasteiger partial charge in [0.2, 0.25) is 5.88 Å². The van der Waals surface area contributed by atoms with Gasteiger partial charge < -0.3 is 14.8 Å². The van der Waals surface area contributed by atoms with Crippen LogP contribution < -0.4 is 10.1 Å². The highest BCUT2D eigenvalue weighted by molar-refractivity contribution is 5.43. The summed E-state index contributed by atoms with van der Waals surface area (Å²) in [6, 6.07) is 4.48. The summed E-state index contributed by atoms with van der Waals surface area (Å²) in [6.45, 7) is 2.61. The number of anilines is 1. The van der Waals surface area contributed by atoms with Crippen LogP contribution >= 0.6 is 0 Å². The van der Waals surface area contributed by atoms with Crippen molar-refractivity contribution in [3.05, 3.63) is 18.3 Å². The third kappa shape index (κ3) is 3.60. The molecule has 100 valence electrons. The van der Waals surface area contributed by atoms with Crippen molar-refractivity contribution in [1.82, 2.24) is 4.98 Å². The first kappa shape index (κ1) is 13.1. The Hall–Kier alpha value is -1.29. The molecule has 4 nitrogen and oxygen atoms in total. The summed E-state index contributed by atoms with van der Waals surface area (Å²) in [7, 11) is 1.80. The molecular formula is C14H22N2O2. The van der Waals surface area contributed by atoms with Gasteiger partial charge >= 0.3 is 0 Å². The van der Waals surface area contributed by atoms with Crippen LogP contribution in [0.4, 0.5) is 5.69 Å². The molecule has 0 aliphatic heterocycles. The number of pyridine rings is 1. The van der Waals surface area contributed by atoms with Gasteiger partial charge in [-0.05, 0) is 38.7 Å². The maximum absolute atomic E-state index is 5.38. The van der Waals surface area contributed by atoms with Crippen molar-refractivity contribution < 1.29 is 9.47 Å². The van der Waals surface area contributed by atoms with Gasteiger partial charge in [0.15, 0.2) is 0 Å². The van der Waals surface area contributed by atoms with Crippen LogP contribution in [-0.4, -0.2) is 30.8 Å². The van der Waals surface area contributed by atoms with Crippen molar-refractivity contribution in [2.45, 2.75) is 44.8 Å². The summed E-state index contributed by atoms with van der Waals surface area (Å²) in [5.74, 6) is 0.686. The number of aromatic nitrogens is 1. The SMILES string of the molecule is CCOc1ccc(NC2CCC(OC)CC2)cn1.